The molecule has 2 aliphatic rings. The van der Waals surface area contributed by atoms with E-state index >= 15 is 0 Å². The number of aromatic nitrogens is 1. The molecule has 5 nitrogen and oxygen atoms in total. The molecule has 4 rings (SSSR count). The molecule has 0 radical (unpaired) electrons. The van der Waals surface area contributed by atoms with Crippen molar-refractivity contribution in [2.24, 2.45) is 5.92 Å². The average Bonchev–Trinajstić information content (AvgIpc) is 3.11. The minimum absolute atomic E-state index is 0.0407. The Morgan fingerprint density at radius 1 is 1.44 bits per heavy atom. The van der Waals surface area contributed by atoms with E-state index in [0.717, 1.165) is 35.1 Å². The van der Waals surface area contributed by atoms with Crippen LogP contribution in [-0.4, -0.2) is 35.0 Å². The molecule has 1 aromatic carbocycles. The third-order valence-electron chi connectivity index (χ3n) is 6.68. The van der Waals surface area contributed by atoms with Crippen molar-refractivity contribution in [2.75, 3.05) is 7.11 Å². The smallest absolute Gasteiger partial charge is 0.271 e. The fourth-order valence-electron chi connectivity index (χ4n) is 5.36. The fraction of sp³-hybridized carbons (Fsp3) is 0.619. The van der Waals surface area contributed by atoms with Gasteiger partial charge in [-0.2, -0.15) is 4.37 Å². The largest absolute Gasteiger partial charge is 0.497 e. The first-order valence-corrected chi connectivity index (χ1v) is 10.9. The molecule has 146 valence electrons. The van der Waals surface area contributed by atoms with E-state index in [9.17, 15) is 4.79 Å². The number of carbonyl (C=O) groups excluding carboxylic acids is 1. The summed E-state index contributed by atoms with van der Waals surface area (Å²) in [5, 5.41) is 8.19. The number of carbonyl (C=O) groups is 1. The predicted octanol–water partition coefficient (Wildman–Crippen LogP) is 4.12. The summed E-state index contributed by atoms with van der Waals surface area (Å²) in [7, 11) is 1.65. The lowest BCUT2D eigenvalue weighted by atomic mass is 9.64. The summed E-state index contributed by atoms with van der Waals surface area (Å²) >= 11 is 1.36. The summed E-state index contributed by atoms with van der Waals surface area (Å²) in [6, 6.07) is 6.50. The molecule has 2 N–H and O–H groups in total. The number of nitrogens with zero attached hydrogens (tertiary/aromatic N) is 1. The number of benzene rings is 1. The maximum atomic E-state index is 13.1. The number of ether oxygens (including phenoxy) is 1. The zero-order valence-corrected chi connectivity index (χ0v) is 17.2. The summed E-state index contributed by atoms with van der Waals surface area (Å²) in [5.74, 6) is 1.22. The summed E-state index contributed by atoms with van der Waals surface area (Å²) in [5.41, 5.74) is 0.715. The van der Waals surface area contributed by atoms with Crippen molar-refractivity contribution in [3.05, 3.63) is 23.9 Å². The third kappa shape index (κ3) is 3.23. The van der Waals surface area contributed by atoms with Crippen LogP contribution >= 0.6 is 11.5 Å². The van der Waals surface area contributed by atoms with Crippen LogP contribution in [0.2, 0.25) is 0 Å². The van der Waals surface area contributed by atoms with Crippen LogP contribution in [0, 0.1) is 5.92 Å². The molecule has 0 spiro atoms. The number of rotatable bonds is 5. The molecule has 1 amide bonds. The molecule has 4 unspecified atom stereocenters. The summed E-state index contributed by atoms with van der Waals surface area (Å²) in [6.45, 7) is 4.53. The normalized spacial score (nSPS) is 30.3. The van der Waals surface area contributed by atoms with Gasteiger partial charge in [0.1, 0.15) is 11.4 Å². The highest BCUT2D eigenvalue weighted by Gasteiger charge is 2.48. The molecule has 2 aliphatic heterocycles. The number of amides is 1. The Morgan fingerprint density at radius 3 is 3.04 bits per heavy atom. The summed E-state index contributed by atoms with van der Waals surface area (Å²) in [6.07, 6.45) is 6.93. The van der Waals surface area contributed by atoms with Gasteiger partial charge in [0.25, 0.3) is 5.91 Å². The van der Waals surface area contributed by atoms with Gasteiger partial charge in [0.05, 0.1) is 11.8 Å². The number of methoxy groups -OCH3 is 1. The van der Waals surface area contributed by atoms with E-state index in [1.807, 2.05) is 18.2 Å². The van der Waals surface area contributed by atoms with Crippen molar-refractivity contribution in [1.29, 1.82) is 0 Å². The van der Waals surface area contributed by atoms with Crippen molar-refractivity contribution in [3.63, 3.8) is 0 Å². The molecule has 0 aliphatic carbocycles. The molecular weight excluding hydrogens is 358 g/mol. The van der Waals surface area contributed by atoms with Gasteiger partial charge in [0.15, 0.2) is 0 Å². The number of hydrogen-bond donors (Lipinski definition) is 2. The van der Waals surface area contributed by atoms with Crippen LogP contribution in [0.4, 0.5) is 0 Å². The van der Waals surface area contributed by atoms with Gasteiger partial charge < -0.3 is 15.4 Å². The Labute approximate surface area is 165 Å². The first-order valence-electron chi connectivity index (χ1n) is 10.1. The molecule has 2 saturated heterocycles. The zero-order valence-electron chi connectivity index (χ0n) is 16.4. The van der Waals surface area contributed by atoms with Crippen LogP contribution in [0.15, 0.2) is 18.2 Å². The van der Waals surface area contributed by atoms with Crippen molar-refractivity contribution in [1.82, 2.24) is 15.0 Å². The van der Waals surface area contributed by atoms with E-state index < -0.39 is 0 Å². The molecule has 2 bridgehead atoms. The van der Waals surface area contributed by atoms with E-state index in [-0.39, 0.29) is 17.5 Å². The molecule has 6 heteroatoms. The second-order valence-electron chi connectivity index (χ2n) is 7.97. The molecule has 2 aromatic rings. The van der Waals surface area contributed by atoms with Gasteiger partial charge >= 0.3 is 0 Å². The Hall–Kier alpha value is -1.66. The SMILES string of the molecule is CCC1C(NC(=O)c2nsc3cc(OC)ccc23)CC2CCCC1(CC)N2. The highest BCUT2D eigenvalue weighted by atomic mass is 32.1. The van der Waals surface area contributed by atoms with Gasteiger partial charge in [0, 0.05) is 23.0 Å². The Kier molecular flexibility index (Phi) is 5.12. The second kappa shape index (κ2) is 7.40. The molecule has 2 fully saturated rings. The van der Waals surface area contributed by atoms with Crippen LogP contribution in [0.5, 0.6) is 5.75 Å². The van der Waals surface area contributed by atoms with Gasteiger partial charge in [0.2, 0.25) is 0 Å². The van der Waals surface area contributed by atoms with Gasteiger partial charge in [-0.25, -0.2) is 0 Å². The first kappa shape index (κ1) is 18.7. The van der Waals surface area contributed by atoms with Crippen LogP contribution in [-0.2, 0) is 0 Å². The number of hydrogen-bond acceptors (Lipinski definition) is 5. The molecule has 0 saturated carbocycles. The van der Waals surface area contributed by atoms with Crippen LogP contribution in [0.25, 0.3) is 10.1 Å². The average molecular weight is 388 g/mol. The van der Waals surface area contributed by atoms with Gasteiger partial charge in [-0.3, -0.25) is 4.79 Å². The van der Waals surface area contributed by atoms with Crippen LogP contribution < -0.4 is 15.4 Å². The minimum atomic E-state index is -0.0407. The van der Waals surface area contributed by atoms with E-state index in [1.54, 1.807) is 7.11 Å². The van der Waals surface area contributed by atoms with Crippen molar-refractivity contribution in [3.8, 4) is 5.75 Å². The summed E-state index contributed by atoms with van der Waals surface area (Å²) < 4.78 is 10.7. The predicted molar refractivity (Wildman–Crippen MR) is 110 cm³/mol. The lowest BCUT2D eigenvalue weighted by Crippen LogP contribution is -2.67. The van der Waals surface area contributed by atoms with Crippen molar-refractivity contribution in [2.45, 2.75) is 70.0 Å². The topological polar surface area (TPSA) is 63.2 Å². The van der Waals surface area contributed by atoms with Gasteiger partial charge in [-0.05, 0) is 67.8 Å². The van der Waals surface area contributed by atoms with E-state index in [2.05, 4.69) is 28.9 Å². The van der Waals surface area contributed by atoms with E-state index in [0.29, 0.717) is 17.7 Å². The molecule has 1 aromatic heterocycles. The van der Waals surface area contributed by atoms with Crippen molar-refractivity contribution < 1.29 is 9.53 Å². The highest BCUT2D eigenvalue weighted by molar-refractivity contribution is 7.13. The molecule has 3 heterocycles. The number of fused-ring (bicyclic) bond motifs is 3. The third-order valence-corrected chi connectivity index (χ3v) is 7.49. The van der Waals surface area contributed by atoms with E-state index in [1.165, 1.54) is 30.8 Å². The monoisotopic (exact) mass is 387 g/mol. The zero-order chi connectivity index (χ0) is 19.0. The highest BCUT2D eigenvalue weighted by Crippen LogP contribution is 2.42. The number of nitrogens with one attached hydrogen (secondary N) is 2. The van der Waals surface area contributed by atoms with Crippen LogP contribution in [0.1, 0.15) is 62.9 Å². The summed E-state index contributed by atoms with van der Waals surface area (Å²) in [4.78, 5) is 13.1. The first-order chi connectivity index (χ1) is 13.1. The maximum absolute atomic E-state index is 13.1. The Balaban J connectivity index is 1.58. The van der Waals surface area contributed by atoms with Crippen molar-refractivity contribution >= 4 is 27.5 Å². The molecule has 4 atom stereocenters. The lowest BCUT2D eigenvalue weighted by molar-refractivity contribution is 0.0369. The lowest BCUT2D eigenvalue weighted by Gasteiger charge is -2.55. The second-order valence-corrected chi connectivity index (χ2v) is 8.77. The minimum Gasteiger partial charge on any atom is -0.497 e. The van der Waals surface area contributed by atoms with Gasteiger partial charge in [-0.1, -0.05) is 20.3 Å². The quantitative estimate of drug-likeness (QED) is 0.810. The maximum Gasteiger partial charge on any atom is 0.271 e. The standard InChI is InChI=1S/C21H29N3O2S/c1-4-16-17(11-13-7-6-10-21(16,5-2)23-13)22-20(25)19-15-9-8-14(26-3)12-18(15)27-24-19/h8-9,12-13,16-17,23H,4-7,10-11H2,1-3H3,(H,22,25). The fourth-order valence-corrected chi connectivity index (χ4v) is 6.16. The molecule has 27 heavy (non-hydrogen) atoms. The van der Waals surface area contributed by atoms with Gasteiger partial charge in [-0.15, -0.1) is 0 Å². The molecular formula is C21H29N3O2S. The number of piperidine rings is 2. The van der Waals surface area contributed by atoms with E-state index in [4.69, 9.17) is 4.74 Å². The van der Waals surface area contributed by atoms with Crippen LogP contribution in [0.3, 0.4) is 0 Å². The Bertz CT molecular complexity index is 836. The Morgan fingerprint density at radius 2 is 2.30 bits per heavy atom.